The molecule has 134 valence electrons. The van der Waals surface area contributed by atoms with Crippen molar-refractivity contribution in [2.45, 2.75) is 37.6 Å². The number of hydrazine groups is 1. The second-order valence-electron chi connectivity index (χ2n) is 6.23. The van der Waals surface area contributed by atoms with E-state index in [0.29, 0.717) is 17.9 Å². The first-order valence-electron chi connectivity index (χ1n) is 8.03. The minimum atomic E-state index is -0.922. The number of aryl methyl sites for hydroxylation is 1. The molecule has 2 aliphatic rings. The zero-order valence-electron chi connectivity index (χ0n) is 13.8. The highest BCUT2D eigenvalue weighted by molar-refractivity contribution is 6.08. The van der Waals surface area contributed by atoms with Crippen molar-refractivity contribution in [1.82, 2.24) is 25.5 Å². The molecule has 0 aromatic carbocycles. The summed E-state index contributed by atoms with van der Waals surface area (Å²) in [4.78, 5) is 48.2. The Morgan fingerprint density at radius 3 is 2.68 bits per heavy atom. The lowest BCUT2D eigenvalue weighted by Crippen LogP contribution is -2.51. The molecular formula is C15H19N5O5. The van der Waals surface area contributed by atoms with Crippen molar-refractivity contribution in [2.24, 2.45) is 7.05 Å². The Bertz CT molecular complexity index is 722. The summed E-state index contributed by atoms with van der Waals surface area (Å²) in [6, 6.07) is -0.668. The fourth-order valence-electron chi connectivity index (χ4n) is 3.11. The number of hydrogen-bond donors (Lipinski definition) is 2. The lowest BCUT2D eigenvalue weighted by molar-refractivity contribution is -0.140. The molecule has 25 heavy (non-hydrogen) atoms. The van der Waals surface area contributed by atoms with Gasteiger partial charge >= 0.3 is 12.0 Å². The highest BCUT2D eigenvalue weighted by Crippen LogP contribution is 2.32. The van der Waals surface area contributed by atoms with E-state index < -0.39 is 36.0 Å². The zero-order chi connectivity index (χ0) is 18.0. The van der Waals surface area contributed by atoms with Gasteiger partial charge in [0, 0.05) is 13.2 Å². The number of hydrogen-bond acceptors (Lipinski definition) is 6. The second-order valence-corrected chi connectivity index (χ2v) is 6.23. The minimum absolute atomic E-state index is 0.200. The van der Waals surface area contributed by atoms with Crippen LogP contribution in [0.4, 0.5) is 4.79 Å². The van der Waals surface area contributed by atoms with E-state index >= 15 is 0 Å². The van der Waals surface area contributed by atoms with Gasteiger partial charge in [-0.1, -0.05) is 19.3 Å². The summed E-state index contributed by atoms with van der Waals surface area (Å²) in [5, 5.41) is 7.17. The van der Waals surface area contributed by atoms with Gasteiger partial charge in [-0.05, 0) is 12.8 Å². The maximum absolute atomic E-state index is 12.5. The smallest absolute Gasteiger partial charge is 0.344 e. The molecule has 3 rings (SSSR count). The van der Waals surface area contributed by atoms with Gasteiger partial charge in [0.05, 0.1) is 11.8 Å². The molecule has 10 heteroatoms. The molecule has 1 aliphatic heterocycles. The van der Waals surface area contributed by atoms with E-state index in [4.69, 9.17) is 4.74 Å². The molecule has 1 saturated carbocycles. The Balaban J connectivity index is 1.55. The van der Waals surface area contributed by atoms with Crippen molar-refractivity contribution >= 4 is 23.8 Å². The summed E-state index contributed by atoms with van der Waals surface area (Å²) in [6.45, 7) is -0.613. The van der Waals surface area contributed by atoms with Crippen molar-refractivity contribution < 1.29 is 23.9 Å². The average molecular weight is 349 g/mol. The molecule has 1 aliphatic carbocycles. The molecule has 0 atom stereocenters. The molecule has 10 nitrogen and oxygen atoms in total. The number of aromatic nitrogens is 2. The van der Waals surface area contributed by atoms with Crippen LogP contribution in [0.25, 0.3) is 0 Å². The lowest BCUT2D eigenvalue weighted by Gasteiger charge is -2.30. The number of carbonyl (C=O) groups is 4. The van der Waals surface area contributed by atoms with Crippen LogP contribution in [-0.2, 0) is 21.4 Å². The van der Waals surface area contributed by atoms with Gasteiger partial charge in [0.25, 0.3) is 11.8 Å². The Morgan fingerprint density at radius 2 is 2.04 bits per heavy atom. The largest absolute Gasteiger partial charge is 0.452 e. The number of esters is 1. The molecule has 2 fully saturated rings. The van der Waals surface area contributed by atoms with Crippen LogP contribution in [0.5, 0.6) is 0 Å². The third-order valence-electron chi connectivity index (χ3n) is 4.38. The first kappa shape index (κ1) is 16.9. The Morgan fingerprint density at radius 1 is 1.32 bits per heavy atom. The summed E-state index contributed by atoms with van der Waals surface area (Å²) >= 11 is 0. The number of rotatable bonds is 4. The van der Waals surface area contributed by atoms with E-state index in [1.165, 1.54) is 17.1 Å². The number of ether oxygens (including phenoxy) is 1. The van der Waals surface area contributed by atoms with E-state index in [1.54, 1.807) is 7.05 Å². The number of nitrogens with zero attached hydrogens (tertiary/aromatic N) is 3. The summed E-state index contributed by atoms with van der Waals surface area (Å²) in [5.41, 5.74) is 1.48. The maximum Gasteiger partial charge on any atom is 0.344 e. The first-order chi connectivity index (χ1) is 11.9. The molecule has 1 spiro atoms. The van der Waals surface area contributed by atoms with Crippen LogP contribution in [0.3, 0.4) is 0 Å². The normalized spacial score (nSPS) is 19.0. The standard InChI is InChI=1S/C15H19N5O5/c1-19-8-10(7-16-19)12(22)25-9-11(21)18-20-13(23)15(17-14(20)24)5-3-2-4-6-15/h7-8H,2-6,9H2,1H3,(H,17,24)(H,18,21). The highest BCUT2D eigenvalue weighted by Gasteiger charge is 2.52. The number of urea groups is 1. The topological polar surface area (TPSA) is 123 Å². The summed E-state index contributed by atoms with van der Waals surface area (Å²) < 4.78 is 6.27. The van der Waals surface area contributed by atoms with E-state index in [9.17, 15) is 19.2 Å². The molecule has 2 heterocycles. The Labute approximate surface area is 143 Å². The molecule has 1 aromatic rings. The van der Waals surface area contributed by atoms with Crippen LogP contribution in [0.15, 0.2) is 12.4 Å². The van der Waals surface area contributed by atoms with Gasteiger partial charge in [0.1, 0.15) is 5.54 Å². The van der Waals surface area contributed by atoms with Gasteiger partial charge < -0.3 is 10.1 Å². The van der Waals surface area contributed by atoms with Crippen LogP contribution in [0.2, 0.25) is 0 Å². The van der Waals surface area contributed by atoms with E-state index in [1.807, 2.05) is 0 Å². The minimum Gasteiger partial charge on any atom is -0.452 e. The van der Waals surface area contributed by atoms with Gasteiger partial charge in [-0.15, -0.1) is 0 Å². The number of amides is 4. The third-order valence-corrected chi connectivity index (χ3v) is 4.38. The highest BCUT2D eigenvalue weighted by atomic mass is 16.5. The van der Waals surface area contributed by atoms with E-state index in [0.717, 1.165) is 19.3 Å². The molecule has 1 saturated heterocycles. The monoisotopic (exact) mass is 349 g/mol. The van der Waals surface area contributed by atoms with Crippen LogP contribution >= 0.6 is 0 Å². The fourth-order valence-corrected chi connectivity index (χ4v) is 3.11. The van der Waals surface area contributed by atoms with E-state index in [2.05, 4.69) is 15.8 Å². The van der Waals surface area contributed by atoms with Crippen molar-refractivity contribution in [3.05, 3.63) is 18.0 Å². The second kappa shape index (κ2) is 6.54. The van der Waals surface area contributed by atoms with Crippen molar-refractivity contribution in [3.63, 3.8) is 0 Å². The SMILES string of the molecule is Cn1cc(C(=O)OCC(=O)NN2C(=O)NC3(CCCCC3)C2=O)cn1. The zero-order valence-corrected chi connectivity index (χ0v) is 13.8. The maximum atomic E-state index is 12.5. The van der Waals surface area contributed by atoms with Crippen LogP contribution in [-0.4, -0.2) is 50.7 Å². The summed E-state index contributed by atoms with van der Waals surface area (Å²) in [7, 11) is 1.64. The van der Waals surface area contributed by atoms with Crippen molar-refractivity contribution in [1.29, 1.82) is 0 Å². The predicted molar refractivity (Wildman–Crippen MR) is 82.8 cm³/mol. The average Bonchev–Trinajstić information content (AvgIpc) is 3.11. The summed E-state index contributed by atoms with van der Waals surface area (Å²) in [6.07, 6.45) is 6.57. The Hall–Kier alpha value is -2.91. The van der Waals surface area contributed by atoms with Gasteiger partial charge in [0.2, 0.25) is 0 Å². The van der Waals surface area contributed by atoms with Gasteiger partial charge in [-0.25, -0.2) is 9.59 Å². The quantitative estimate of drug-likeness (QED) is 0.576. The molecule has 2 N–H and O–H groups in total. The number of imide groups is 1. The molecular weight excluding hydrogens is 330 g/mol. The predicted octanol–water partition coefficient (Wildman–Crippen LogP) is -0.137. The molecule has 0 radical (unpaired) electrons. The van der Waals surface area contributed by atoms with Crippen LogP contribution in [0, 0.1) is 0 Å². The Kier molecular flexibility index (Phi) is 4.43. The molecule has 1 aromatic heterocycles. The van der Waals surface area contributed by atoms with Crippen LogP contribution < -0.4 is 10.7 Å². The van der Waals surface area contributed by atoms with Gasteiger partial charge in [0.15, 0.2) is 6.61 Å². The summed E-state index contributed by atoms with van der Waals surface area (Å²) in [5.74, 6) is -1.96. The van der Waals surface area contributed by atoms with E-state index in [-0.39, 0.29) is 5.56 Å². The number of carbonyl (C=O) groups excluding carboxylic acids is 4. The van der Waals surface area contributed by atoms with Crippen molar-refractivity contribution in [2.75, 3.05) is 6.61 Å². The lowest BCUT2D eigenvalue weighted by atomic mass is 9.82. The fraction of sp³-hybridized carbons (Fsp3) is 0.533. The third kappa shape index (κ3) is 3.32. The van der Waals surface area contributed by atoms with Gasteiger partial charge in [-0.3, -0.25) is 19.7 Å². The van der Waals surface area contributed by atoms with Crippen molar-refractivity contribution in [3.8, 4) is 0 Å². The first-order valence-corrected chi connectivity index (χ1v) is 8.03. The van der Waals surface area contributed by atoms with Crippen LogP contribution in [0.1, 0.15) is 42.5 Å². The number of nitrogens with one attached hydrogen (secondary N) is 2. The molecule has 0 unspecified atom stereocenters. The molecule has 0 bridgehead atoms. The van der Waals surface area contributed by atoms with Gasteiger partial charge in [-0.2, -0.15) is 10.1 Å². The molecule has 4 amide bonds.